The van der Waals surface area contributed by atoms with Crippen molar-refractivity contribution in [3.63, 3.8) is 0 Å². The number of hydrogen-bond donors (Lipinski definition) is 1. The summed E-state index contributed by atoms with van der Waals surface area (Å²) in [7, 11) is 0. The largest absolute Gasteiger partial charge is 0.464 e. The zero-order valence-corrected chi connectivity index (χ0v) is 13.9. The van der Waals surface area contributed by atoms with Gasteiger partial charge < -0.3 is 9.73 Å². The molecule has 5 heteroatoms. The van der Waals surface area contributed by atoms with Crippen molar-refractivity contribution in [3.05, 3.63) is 40.6 Å². The van der Waals surface area contributed by atoms with Gasteiger partial charge in [-0.05, 0) is 38.9 Å². The van der Waals surface area contributed by atoms with Gasteiger partial charge in [-0.1, -0.05) is 25.4 Å². The molecular weight excluding hydrogens is 286 g/mol. The van der Waals surface area contributed by atoms with Crippen LogP contribution < -0.4 is 5.32 Å². The van der Waals surface area contributed by atoms with Gasteiger partial charge in [-0.2, -0.15) is 5.10 Å². The lowest BCUT2D eigenvalue weighted by Crippen LogP contribution is -2.26. The molecule has 0 saturated carbocycles. The van der Waals surface area contributed by atoms with E-state index >= 15 is 0 Å². The molecule has 1 N–H and O–H groups in total. The maximum atomic E-state index is 6.39. The van der Waals surface area contributed by atoms with Crippen LogP contribution in [0.1, 0.15) is 63.4 Å². The highest BCUT2D eigenvalue weighted by Crippen LogP contribution is 2.31. The first-order valence-electron chi connectivity index (χ1n) is 7.63. The standard InChI is InChI=1S/C16H24ClN3O/c1-5-9-18-15(14-8-7-12(6-2)21-14)16-13(17)10-19-20(16)11(3)4/h7-8,10-11,15,18H,5-6,9H2,1-4H3. The number of halogens is 1. The molecule has 116 valence electrons. The lowest BCUT2D eigenvalue weighted by atomic mass is 10.1. The maximum Gasteiger partial charge on any atom is 0.127 e. The van der Waals surface area contributed by atoms with Crippen LogP contribution in [0.5, 0.6) is 0 Å². The predicted octanol–water partition coefficient (Wildman–Crippen LogP) is 4.36. The van der Waals surface area contributed by atoms with Gasteiger partial charge in [0.25, 0.3) is 0 Å². The van der Waals surface area contributed by atoms with Crippen LogP contribution in [0.2, 0.25) is 5.02 Å². The molecule has 0 aliphatic rings. The Morgan fingerprint density at radius 3 is 2.67 bits per heavy atom. The van der Waals surface area contributed by atoms with Crippen molar-refractivity contribution in [3.8, 4) is 0 Å². The molecule has 0 aromatic carbocycles. The first-order chi connectivity index (χ1) is 10.1. The fourth-order valence-corrected chi connectivity index (χ4v) is 2.63. The maximum absolute atomic E-state index is 6.39. The van der Waals surface area contributed by atoms with E-state index < -0.39 is 0 Å². The third kappa shape index (κ3) is 3.50. The average Bonchev–Trinajstić information content (AvgIpc) is 3.07. The van der Waals surface area contributed by atoms with Crippen molar-refractivity contribution in [2.24, 2.45) is 0 Å². The fourth-order valence-electron chi connectivity index (χ4n) is 2.39. The Morgan fingerprint density at radius 1 is 1.33 bits per heavy atom. The zero-order valence-electron chi connectivity index (χ0n) is 13.2. The van der Waals surface area contributed by atoms with Crippen LogP contribution in [-0.4, -0.2) is 16.3 Å². The minimum atomic E-state index is -0.0670. The second-order valence-electron chi connectivity index (χ2n) is 5.46. The number of nitrogens with zero attached hydrogens (tertiary/aromatic N) is 2. The zero-order chi connectivity index (χ0) is 15.4. The highest BCUT2D eigenvalue weighted by atomic mass is 35.5. The molecular formula is C16H24ClN3O. The molecule has 0 fully saturated rings. The van der Waals surface area contributed by atoms with Gasteiger partial charge in [0, 0.05) is 12.5 Å². The SMILES string of the molecule is CCCNC(c1ccc(CC)o1)c1c(Cl)cnn1C(C)C. The van der Waals surface area contributed by atoms with Gasteiger partial charge in [0.2, 0.25) is 0 Å². The van der Waals surface area contributed by atoms with Gasteiger partial charge in [0.1, 0.15) is 17.6 Å². The van der Waals surface area contributed by atoms with Gasteiger partial charge in [-0.15, -0.1) is 0 Å². The van der Waals surface area contributed by atoms with Crippen molar-refractivity contribution < 1.29 is 4.42 Å². The van der Waals surface area contributed by atoms with Gasteiger partial charge in [-0.3, -0.25) is 4.68 Å². The van der Waals surface area contributed by atoms with Gasteiger partial charge in [0.15, 0.2) is 0 Å². The van der Waals surface area contributed by atoms with Crippen LogP contribution >= 0.6 is 11.6 Å². The monoisotopic (exact) mass is 309 g/mol. The first kappa shape index (κ1) is 16.1. The number of aryl methyl sites for hydroxylation is 1. The molecule has 4 nitrogen and oxygen atoms in total. The highest BCUT2D eigenvalue weighted by Gasteiger charge is 2.25. The topological polar surface area (TPSA) is 43.0 Å². The number of rotatable bonds is 7. The Labute approximate surface area is 131 Å². The average molecular weight is 310 g/mol. The van der Waals surface area contributed by atoms with Crippen molar-refractivity contribution in [1.82, 2.24) is 15.1 Å². The summed E-state index contributed by atoms with van der Waals surface area (Å²) in [6, 6.07) is 4.24. The predicted molar refractivity (Wildman–Crippen MR) is 85.8 cm³/mol. The van der Waals surface area contributed by atoms with Crippen LogP contribution in [0.3, 0.4) is 0 Å². The number of nitrogens with one attached hydrogen (secondary N) is 1. The van der Waals surface area contributed by atoms with Crippen LogP contribution in [-0.2, 0) is 6.42 Å². The Bertz CT molecular complexity index is 574. The summed E-state index contributed by atoms with van der Waals surface area (Å²) in [5.74, 6) is 1.88. The van der Waals surface area contributed by atoms with E-state index in [1.165, 1.54) is 0 Å². The summed E-state index contributed by atoms with van der Waals surface area (Å²) >= 11 is 6.39. The van der Waals surface area contributed by atoms with E-state index in [-0.39, 0.29) is 12.1 Å². The molecule has 0 aliphatic carbocycles. The first-order valence-corrected chi connectivity index (χ1v) is 8.01. The van der Waals surface area contributed by atoms with Crippen molar-refractivity contribution in [2.75, 3.05) is 6.54 Å². The lowest BCUT2D eigenvalue weighted by Gasteiger charge is -2.20. The molecule has 0 saturated heterocycles. The van der Waals surface area contributed by atoms with Crippen LogP contribution in [0.4, 0.5) is 0 Å². The molecule has 2 aromatic heterocycles. The number of furan rings is 1. The van der Waals surface area contributed by atoms with Crippen LogP contribution in [0.15, 0.2) is 22.7 Å². The van der Waals surface area contributed by atoms with Gasteiger partial charge in [-0.25, -0.2) is 0 Å². The Kier molecular flexibility index (Phi) is 5.48. The Morgan fingerprint density at radius 2 is 2.10 bits per heavy atom. The van der Waals surface area contributed by atoms with E-state index in [0.717, 1.165) is 36.6 Å². The van der Waals surface area contributed by atoms with Crippen molar-refractivity contribution in [2.45, 2.75) is 52.6 Å². The second kappa shape index (κ2) is 7.14. The molecule has 0 radical (unpaired) electrons. The summed E-state index contributed by atoms with van der Waals surface area (Å²) < 4.78 is 7.91. The molecule has 1 atom stereocenters. The van der Waals surface area contributed by atoms with E-state index in [4.69, 9.17) is 16.0 Å². The van der Waals surface area contributed by atoms with Crippen LogP contribution in [0, 0.1) is 0 Å². The van der Waals surface area contributed by atoms with Crippen molar-refractivity contribution >= 4 is 11.6 Å². The molecule has 0 amide bonds. The van der Waals surface area contributed by atoms with E-state index in [9.17, 15) is 0 Å². The van der Waals surface area contributed by atoms with Gasteiger partial charge >= 0.3 is 0 Å². The van der Waals surface area contributed by atoms with E-state index in [1.54, 1.807) is 6.20 Å². The van der Waals surface area contributed by atoms with Crippen molar-refractivity contribution in [1.29, 1.82) is 0 Å². The molecule has 1 unspecified atom stereocenters. The summed E-state index contributed by atoms with van der Waals surface area (Å²) in [4.78, 5) is 0. The second-order valence-corrected chi connectivity index (χ2v) is 5.87. The quantitative estimate of drug-likeness (QED) is 0.826. The molecule has 0 aliphatic heterocycles. The molecule has 2 heterocycles. The number of hydrogen-bond acceptors (Lipinski definition) is 3. The molecule has 0 spiro atoms. The third-order valence-electron chi connectivity index (χ3n) is 3.46. The fraction of sp³-hybridized carbons (Fsp3) is 0.562. The normalized spacial score (nSPS) is 13.0. The van der Waals surface area contributed by atoms with E-state index in [1.807, 2.05) is 16.8 Å². The molecule has 2 rings (SSSR count). The van der Waals surface area contributed by atoms with E-state index in [0.29, 0.717) is 5.02 Å². The Hall–Kier alpha value is -1.26. The van der Waals surface area contributed by atoms with Gasteiger partial charge in [0.05, 0.1) is 16.9 Å². The minimum absolute atomic E-state index is 0.0670. The summed E-state index contributed by atoms with van der Waals surface area (Å²) in [5, 5.41) is 8.60. The Balaban J connectivity index is 2.42. The molecule has 2 aromatic rings. The molecule has 21 heavy (non-hydrogen) atoms. The minimum Gasteiger partial charge on any atom is -0.464 e. The summed E-state index contributed by atoms with van der Waals surface area (Å²) in [5.41, 5.74) is 0.970. The van der Waals surface area contributed by atoms with E-state index in [2.05, 4.69) is 38.1 Å². The molecule has 0 bridgehead atoms. The lowest BCUT2D eigenvalue weighted by molar-refractivity contribution is 0.397. The number of aromatic nitrogens is 2. The summed E-state index contributed by atoms with van der Waals surface area (Å²) in [6.07, 6.45) is 3.64. The summed E-state index contributed by atoms with van der Waals surface area (Å²) in [6.45, 7) is 9.33. The smallest absolute Gasteiger partial charge is 0.127 e. The third-order valence-corrected chi connectivity index (χ3v) is 3.75. The van der Waals surface area contributed by atoms with Crippen LogP contribution in [0.25, 0.3) is 0 Å². The highest BCUT2D eigenvalue weighted by molar-refractivity contribution is 6.31.